The van der Waals surface area contributed by atoms with Gasteiger partial charge in [0.15, 0.2) is 6.61 Å². The maximum Gasteiger partial charge on any atom is 0.261 e. The summed E-state index contributed by atoms with van der Waals surface area (Å²) in [6.45, 7) is 9.93. The van der Waals surface area contributed by atoms with Gasteiger partial charge in [-0.25, -0.2) is 0 Å². The van der Waals surface area contributed by atoms with E-state index in [1.807, 2.05) is 76.2 Å². The Labute approximate surface area is 174 Å². The van der Waals surface area contributed by atoms with E-state index in [1.165, 1.54) is 0 Å². The summed E-state index contributed by atoms with van der Waals surface area (Å²) in [5.41, 5.74) is 3.06. The molecule has 0 fully saturated rings. The fourth-order valence-corrected chi connectivity index (χ4v) is 2.96. The second-order valence-corrected chi connectivity index (χ2v) is 7.50. The third-order valence-electron chi connectivity index (χ3n) is 5.22. The second-order valence-electron chi connectivity index (χ2n) is 7.50. The summed E-state index contributed by atoms with van der Waals surface area (Å²) in [5, 5.41) is 2.97. The van der Waals surface area contributed by atoms with Crippen LogP contribution in [0, 0.1) is 13.8 Å². The molecule has 0 radical (unpaired) electrons. The second kappa shape index (κ2) is 10.6. The van der Waals surface area contributed by atoms with Crippen LogP contribution in [0.3, 0.4) is 0 Å². The number of nitrogens with zero attached hydrogens (tertiary/aromatic N) is 1. The molecule has 0 spiro atoms. The number of hydrogen-bond donors (Lipinski definition) is 1. The summed E-state index contributed by atoms with van der Waals surface area (Å²) < 4.78 is 5.76. The van der Waals surface area contributed by atoms with Gasteiger partial charge in [0.05, 0.1) is 0 Å². The summed E-state index contributed by atoms with van der Waals surface area (Å²) >= 11 is 0. The van der Waals surface area contributed by atoms with Crippen molar-refractivity contribution in [3.63, 3.8) is 0 Å². The number of nitrogens with one attached hydrogen (secondary N) is 1. The third kappa shape index (κ3) is 6.34. The first-order valence-corrected chi connectivity index (χ1v) is 10.2. The molecule has 2 rings (SSSR count). The Bertz CT molecular complexity index is 834. The minimum Gasteiger partial charge on any atom is -0.484 e. The Balaban J connectivity index is 2.18. The number of ether oxygens (including phenoxy) is 1. The van der Waals surface area contributed by atoms with Crippen LogP contribution in [-0.4, -0.2) is 35.4 Å². The van der Waals surface area contributed by atoms with Crippen LogP contribution in [0.1, 0.15) is 43.9 Å². The topological polar surface area (TPSA) is 58.6 Å². The maximum atomic E-state index is 13.1. The summed E-state index contributed by atoms with van der Waals surface area (Å²) in [4.78, 5) is 27.4. The molecular formula is C24H32N2O3. The minimum absolute atomic E-state index is 0.0589. The monoisotopic (exact) mass is 396 g/mol. The summed E-state index contributed by atoms with van der Waals surface area (Å²) in [7, 11) is 0. The van der Waals surface area contributed by atoms with Crippen LogP contribution in [0.2, 0.25) is 0 Å². The molecule has 1 N–H and O–H groups in total. The summed E-state index contributed by atoms with van der Waals surface area (Å²) in [6.07, 6.45) is 0.834. The van der Waals surface area contributed by atoms with Gasteiger partial charge in [0.25, 0.3) is 5.91 Å². The molecule has 0 aromatic heterocycles. The van der Waals surface area contributed by atoms with Crippen molar-refractivity contribution in [3.8, 4) is 5.75 Å². The zero-order valence-corrected chi connectivity index (χ0v) is 18.1. The van der Waals surface area contributed by atoms with Crippen LogP contribution in [0.4, 0.5) is 0 Å². The smallest absolute Gasteiger partial charge is 0.261 e. The van der Waals surface area contributed by atoms with Crippen LogP contribution in [-0.2, 0) is 16.1 Å². The largest absolute Gasteiger partial charge is 0.484 e. The van der Waals surface area contributed by atoms with Crippen molar-refractivity contribution in [3.05, 3.63) is 65.2 Å². The average Bonchev–Trinajstić information content (AvgIpc) is 2.71. The first kappa shape index (κ1) is 22.5. The number of rotatable bonds is 9. The lowest BCUT2D eigenvalue weighted by Crippen LogP contribution is -2.50. The predicted molar refractivity (Wildman–Crippen MR) is 116 cm³/mol. The van der Waals surface area contributed by atoms with Crippen molar-refractivity contribution in [2.24, 2.45) is 0 Å². The molecule has 2 aromatic carbocycles. The number of carbonyl (C=O) groups is 2. The Hall–Kier alpha value is -2.82. The van der Waals surface area contributed by atoms with E-state index in [-0.39, 0.29) is 24.5 Å². The molecule has 0 aliphatic rings. The van der Waals surface area contributed by atoms with E-state index < -0.39 is 6.04 Å². The standard InChI is InChI=1S/C24H32N2O3/c1-6-19(4)25-24(28)20(5)26(15-21-13-9-7-11-17(21)2)23(27)16-29-22-14-10-8-12-18(22)3/h7-14,19-20H,6,15-16H2,1-5H3,(H,25,28)/t19-,20-/m1/s1. The summed E-state index contributed by atoms with van der Waals surface area (Å²) in [6, 6.07) is 14.9. The number of benzene rings is 2. The molecule has 156 valence electrons. The van der Waals surface area contributed by atoms with Crippen LogP contribution >= 0.6 is 0 Å². The number of hydrogen-bond acceptors (Lipinski definition) is 3. The molecule has 0 saturated carbocycles. The lowest BCUT2D eigenvalue weighted by Gasteiger charge is -2.30. The molecule has 0 heterocycles. The van der Waals surface area contributed by atoms with Gasteiger partial charge in [0, 0.05) is 12.6 Å². The molecule has 0 bridgehead atoms. The molecular weight excluding hydrogens is 364 g/mol. The minimum atomic E-state index is -0.600. The maximum absolute atomic E-state index is 13.1. The molecule has 0 aliphatic heterocycles. The molecule has 29 heavy (non-hydrogen) atoms. The van der Waals surface area contributed by atoms with E-state index >= 15 is 0 Å². The Morgan fingerprint density at radius 1 is 1.00 bits per heavy atom. The van der Waals surface area contributed by atoms with E-state index in [4.69, 9.17) is 4.74 Å². The van der Waals surface area contributed by atoms with E-state index in [0.717, 1.165) is 23.1 Å². The Morgan fingerprint density at radius 3 is 2.24 bits per heavy atom. The van der Waals surface area contributed by atoms with Gasteiger partial charge >= 0.3 is 0 Å². The van der Waals surface area contributed by atoms with Crippen molar-refractivity contribution < 1.29 is 14.3 Å². The van der Waals surface area contributed by atoms with Gasteiger partial charge in [-0.3, -0.25) is 9.59 Å². The molecule has 0 saturated heterocycles. The lowest BCUT2D eigenvalue weighted by atomic mass is 10.1. The van der Waals surface area contributed by atoms with Gasteiger partial charge in [-0.2, -0.15) is 0 Å². The van der Waals surface area contributed by atoms with E-state index in [9.17, 15) is 9.59 Å². The molecule has 0 unspecified atom stereocenters. The van der Waals surface area contributed by atoms with Crippen molar-refractivity contribution in [2.45, 2.75) is 59.7 Å². The molecule has 5 nitrogen and oxygen atoms in total. The molecule has 2 aromatic rings. The van der Waals surface area contributed by atoms with Crippen molar-refractivity contribution in [1.82, 2.24) is 10.2 Å². The average molecular weight is 397 g/mol. The van der Waals surface area contributed by atoms with E-state index in [1.54, 1.807) is 11.8 Å². The van der Waals surface area contributed by atoms with Gasteiger partial charge in [0.2, 0.25) is 5.91 Å². The Kier molecular flexibility index (Phi) is 8.25. The van der Waals surface area contributed by atoms with Crippen LogP contribution in [0.5, 0.6) is 5.75 Å². The quantitative estimate of drug-likeness (QED) is 0.697. The fraction of sp³-hybridized carbons (Fsp3) is 0.417. The number of aryl methyl sites for hydroxylation is 2. The third-order valence-corrected chi connectivity index (χ3v) is 5.22. The van der Waals surface area contributed by atoms with Crippen molar-refractivity contribution in [1.29, 1.82) is 0 Å². The predicted octanol–water partition coefficient (Wildman–Crippen LogP) is 4.01. The van der Waals surface area contributed by atoms with Gasteiger partial charge in [-0.15, -0.1) is 0 Å². The van der Waals surface area contributed by atoms with Crippen molar-refractivity contribution in [2.75, 3.05) is 6.61 Å². The van der Waals surface area contributed by atoms with E-state index in [0.29, 0.717) is 12.3 Å². The van der Waals surface area contributed by atoms with Crippen molar-refractivity contribution >= 4 is 11.8 Å². The zero-order valence-electron chi connectivity index (χ0n) is 18.1. The normalized spacial score (nSPS) is 12.7. The number of para-hydroxylation sites is 1. The van der Waals surface area contributed by atoms with Gasteiger partial charge in [0.1, 0.15) is 11.8 Å². The van der Waals surface area contributed by atoms with Crippen LogP contribution in [0.15, 0.2) is 48.5 Å². The van der Waals surface area contributed by atoms with Crippen LogP contribution in [0.25, 0.3) is 0 Å². The van der Waals surface area contributed by atoms with Gasteiger partial charge in [-0.05, 0) is 56.9 Å². The number of amides is 2. The Morgan fingerprint density at radius 2 is 1.62 bits per heavy atom. The highest BCUT2D eigenvalue weighted by molar-refractivity contribution is 5.88. The first-order chi connectivity index (χ1) is 13.8. The van der Waals surface area contributed by atoms with Gasteiger partial charge < -0.3 is 15.0 Å². The number of carbonyl (C=O) groups excluding carboxylic acids is 2. The van der Waals surface area contributed by atoms with E-state index in [2.05, 4.69) is 5.32 Å². The fourth-order valence-electron chi connectivity index (χ4n) is 2.96. The molecule has 5 heteroatoms. The highest BCUT2D eigenvalue weighted by atomic mass is 16.5. The highest BCUT2D eigenvalue weighted by Crippen LogP contribution is 2.18. The highest BCUT2D eigenvalue weighted by Gasteiger charge is 2.27. The first-order valence-electron chi connectivity index (χ1n) is 10.2. The molecule has 0 aliphatic carbocycles. The summed E-state index contributed by atoms with van der Waals surface area (Å²) in [5.74, 6) is 0.300. The lowest BCUT2D eigenvalue weighted by molar-refractivity contribution is -0.142. The zero-order chi connectivity index (χ0) is 21.4. The molecule has 2 amide bonds. The SMILES string of the molecule is CC[C@@H](C)NC(=O)[C@@H](C)N(Cc1ccccc1C)C(=O)COc1ccccc1C. The van der Waals surface area contributed by atoms with Gasteiger partial charge in [-0.1, -0.05) is 49.4 Å². The van der Waals surface area contributed by atoms with Crippen LogP contribution < -0.4 is 10.1 Å². The molecule has 2 atom stereocenters.